The first-order valence-electron chi connectivity index (χ1n) is 10.4. The SMILES string of the molecule is COc1ccc(C(CC(=O)O)NC(=O)c2cc(C=Cc3ccc4cccnc4n3)c[nH]2)cc1F. The number of aliphatic carboxylic acids is 1. The lowest BCUT2D eigenvalue weighted by atomic mass is 10.0. The molecule has 1 unspecified atom stereocenters. The number of pyridine rings is 2. The van der Waals surface area contributed by atoms with Crippen LogP contribution in [0.3, 0.4) is 0 Å². The number of rotatable bonds is 8. The molecule has 3 N–H and O–H groups in total. The fraction of sp³-hybridized carbons (Fsp3) is 0.120. The summed E-state index contributed by atoms with van der Waals surface area (Å²) in [4.78, 5) is 35.7. The largest absolute Gasteiger partial charge is 0.494 e. The molecular weight excluding hydrogens is 439 g/mol. The van der Waals surface area contributed by atoms with Gasteiger partial charge in [0.2, 0.25) is 0 Å². The van der Waals surface area contributed by atoms with Gasteiger partial charge in [-0.25, -0.2) is 14.4 Å². The van der Waals surface area contributed by atoms with Crippen LogP contribution in [0, 0.1) is 5.82 Å². The normalized spacial score (nSPS) is 12.1. The van der Waals surface area contributed by atoms with E-state index in [2.05, 4.69) is 20.3 Å². The van der Waals surface area contributed by atoms with Crippen molar-refractivity contribution in [2.75, 3.05) is 7.11 Å². The lowest BCUT2D eigenvalue weighted by molar-refractivity contribution is -0.137. The first-order chi connectivity index (χ1) is 16.4. The monoisotopic (exact) mass is 460 g/mol. The van der Waals surface area contributed by atoms with Crippen LogP contribution in [0.15, 0.2) is 60.9 Å². The standard InChI is InChI=1S/C25H21FN4O4/c1-34-22-9-6-17(12-19(22)26)20(13-23(31)32)30-25(33)21-11-15(14-28-21)4-7-18-8-5-16-3-2-10-27-24(16)29-18/h2-12,14,20,28H,13H2,1H3,(H,30,33)(H,31,32). The Labute approximate surface area is 194 Å². The maximum absolute atomic E-state index is 14.1. The minimum absolute atomic E-state index is 0.0293. The highest BCUT2D eigenvalue weighted by atomic mass is 19.1. The third-order valence-corrected chi connectivity index (χ3v) is 5.14. The van der Waals surface area contributed by atoms with E-state index in [1.807, 2.05) is 24.3 Å². The van der Waals surface area contributed by atoms with Crippen molar-refractivity contribution in [1.29, 1.82) is 0 Å². The third-order valence-electron chi connectivity index (χ3n) is 5.14. The van der Waals surface area contributed by atoms with Crippen LogP contribution < -0.4 is 10.1 Å². The minimum Gasteiger partial charge on any atom is -0.494 e. The predicted molar refractivity (Wildman–Crippen MR) is 125 cm³/mol. The molecule has 1 amide bonds. The van der Waals surface area contributed by atoms with Crippen molar-refractivity contribution in [1.82, 2.24) is 20.3 Å². The molecule has 4 aromatic rings. The van der Waals surface area contributed by atoms with Crippen LogP contribution in [0.1, 0.15) is 39.8 Å². The summed E-state index contributed by atoms with van der Waals surface area (Å²) in [5, 5.41) is 12.8. The van der Waals surface area contributed by atoms with E-state index in [4.69, 9.17) is 4.74 Å². The Bertz CT molecular complexity index is 1380. The van der Waals surface area contributed by atoms with Crippen molar-refractivity contribution in [2.45, 2.75) is 12.5 Å². The number of carboxylic acids is 1. The zero-order chi connectivity index (χ0) is 24.1. The molecule has 4 rings (SSSR count). The number of H-pyrrole nitrogens is 1. The van der Waals surface area contributed by atoms with Gasteiger partial charge in [0.05, 0.1) is 25.3 Å². The highest BCUT2D eigenvalue weighted by Crippen LogP contribution is 2.24. The Morgan fingerprint density at radius 1 is 1.21 bits per heavy atom. The van der Waals surface area contributed by atoms with Crippen LogP contribution in [-0.2, 0) is 4.79 Å². The van der Waals surface area contributed by atoms with Gasteiger partial charge < -0.3 is 20.1 Å². The number of benzene rings is 1. The number of carbonyl (C=O) groups excluding carboxylic acids is 1. The number of ether oxygens (including phenoxy) is 1. The molecule has 0 aliphatic carbocycles. The minimum atomic E-state index is -1.13. The summed E-state index contributed by atoms with van der Waals surface area (Å²) in [5.41, 5.74) is 2.62. The van der Waals surface area contributed by atoms with Crippen molar-refractivity contribution in [3.05, 3.63) is 89.3 Å². The van der Waals surface area contributed by atoms with E-state index < -0.39 is 30.2 Å². The molecule has 9 heteroatoms. The zero-order valence-electron chi connectivity index (χ0n) is 18.2. The fourth-order valence-electron chi connectivity index (χ4n) is 3.44. The number of hydrogen-bond donors (Lipinski definition) is 3. The number of aromatic nitrogens is 3. The Hall–Kier alpha value is -4.53. The van der Waals surface area contributed by atoms with E-state index in [1.165, 1.54) is 19.2 Å². The molecule has 1 aromatic carbocycles. The van der Waals surface area contributed by atoms with Crippen molar-refractivity contribution in [3.8, 4) is 5.75 Å². The molecule has 0 fully saturated rings. The molecule has 3 heterocycles. The molecule has 0 aliphatic rings. The van der Waals surface area contributed by atoms with Gasteiger partial charge in [-0.1, -0.05) is 12.1 Å². The number of halogens is 1. The van der Waals surface area contributed by atoms with Crippen LogP contribution in [0.2, 0.25) is 0 Å². The van der Waals surface area contributed by atoms with Gasteiger partial charge in [-0.3, -0.25) is 9.59 Å². The number of aromatic amines is 1. The number of fused-ring (bicyclic) bond motifs is 1. The van der Waals surface area contributed by atoms with E-state index in [1.54, 1.807) is 30.6 Å². The number of hydrogen-bond acceptors (Lipinski definition) is 5. The molecular formula is C25H21FN4O4. The molecule has 0 saturated heterocycles. The van der Waals surface area contributed by atoms with Gasteiger partial charge >= 0.3 is 5.97 Å². The zero-order valence-corrected chi connectivity index (χ0v) is 18.2. The Morgan fingerprint density at radius 2 is 2.06 bits per heavy atom. The molecule has 0 saturated carbocycles. The lowest BCUT2D eigenvalue weighted by Crippen LogP contribution is -2.30. The molecule has 0 radical (unpaired) electrons. The summed E-state index contributed by atoms with van der Waals surface area (Å²) < 4.78 is 19.0. The number of amides is 1. The van der Waals surface area contributed by atoms with Crippen LogP contribution in [0.25, 0.3) is 23.2 Å². The third kappa shape index (κ3) is 5.26. The number of methoxy groups -OCH3 is 1. The average molecular weight is 460 g/mol. The van der Waals surface area contributed by atoms with Crippen molar-refractivity contribution in [3.63, 3.8) is 0 Å². The van der Waals surface area contributed by atoms with Gasteiger partial charge in [0.15, 0.2) is 17.2 Å². The van der Waals surface area contributed by atoms with Crippen LogP contribution >= 0.6 is 0 Å². The smallest absolute Gasteiger partial charge is 0.305 e. The van der Waals surface area contributed by atoms with E-state index in [0.29, 0.717) is 16.9 Å². The number of carboxylic acid groups (broad SMARTS) is 1. The van der Waals surface area contributed by atoms with Gasteiger partial charge in [0.25, 0.3) is 5.91 Å². The quantitative estimate of drug-likeness (QED) is 0.362. The fourth-order valence-corrected chi connectivity index (χ4v) is 3.44. The second kappa shape index (κ2) is 9.95. The second-order valence-corrected chi connectivity index (χ2v) is 7.48. The topological polar surface area (TPSA) is 117 Å². The number of carbonyl (C=O) groups is 2. The molecule has 0 aliphatic heterocycles. The Morgan fingerprint density at radius 3 is 2.82 bits per heavy atom. The van der Waals surface area contributed by atoms with E-state index in [0.717, 1.165) is 17.0 Å². The average Bonchev–Trinajstić information content (AvgIpc) is 3.31. The van der Waals surface area contributed by atoms with E-state index >= 15 is 0 Å². The molecule has 0 spiro atoms. The maximum Gasteiger partial charge on any atom is 0.305 e. The van der Waals surface area contributed by atoms with Gasteiger partial charge in [-0.15, -0.1) is 0 Å². The predicted octanol–water partition coefficient (Wildman–Crippen LogP) is 4.22. The van der Waals surface area contributed by atoms with Crippen molar-refractivity contribution >= 4 is 35.1 Å². The van der Waals surface area contributed by atoms with Crippen LogP contribution in [-0.4, -0.2) is 39.0 Å². The highest BCUT2D eigenvalue weighted by Gasteiger charge is 2.21. The lowest BCUT2D eigenvalue weighted by Gasteiger charge is -2.17. The molecule has 34 heavy (non-hydrogen) atoms. The summed E-state index contributed by atoms with van der Waals surface area (Å²) >= 11 is 0. The van der Waals surface area contributed by atoms with E-state index in [9.17, 15) is 19.1 Å². The summed E-state index contributed by atoms with van der Waals surface area (Å²) in [6.07, 6.45) is 6.50. The molecule has 3 aromatic heterocycles. The summed E-state index contributed by atoms with van der Waals surface area (Å²) in [5.74, 6) is -2.26. The Kier molecular flexibility index (Phi) is 6.63. The first-order valence-corrected chi connectivity index (χ1v) is 10.4. The van der Waals surface area contributed by atoms with Crippen LogP contribution in [0.5, 0.6) is 5.75 Å². The second-order valence-electron chi connectivity index (χ2n) is 7.48. The van der Waals surface area contributed by atoms with Gasteiger partial charge in [0, 0.05) is 17.8 Å². The summed E-state index contributed by atoms with van der Waals surface area (Å²) in [6, 6.07) is 12.3. The molecule has 8 nitrogen and oxygen atoms in total. The first kappa shape index (κ1) is 22.7. The maximum atomic E-state index is 14.1. The van der Waals surface area contributed by atoms with Gasteiger partial charge in [-0.2, -0.15) is 0 Å². The number of nitrogens with one attached hydrogen (secondary N) is 2. The van der Waals surface area contributed by atoms with Gasteiger partial charge in [0.1, 0.15) is 5.69 Å². The van der Waals surface area contributed by atoms with Crippen molar-refractivity contribution in [2.24, 2.45) is 0 Å². The van der Waals surface area contributed by atoms with E-state index in [-0.39, 0.29) is 11.4 Å². The molecule has 1 atom stereocenters. The Balaban J connectivity index is 1.48. The highest BCUT2D eigenvalue weighted by molar-refractivity contribution is 5.94. The van der Waals surface area contributed by atoms with Crippen molar-refractivity contribution < 1.29 is 23.8 Å². The van der Waals surface area contributed by atoms with Gasteiger partial charge in [-0.05, 0) is 59.7 Å². The summed E-state index contributed by atoms with van der Waals surface area (Å²) in [6.45, 7) is 0. The molecule has 172 valence electrons. The number of nitrogens with zero attached hydrogens (tertiary/aromatic N) is 2. The van der Waals surface area contributed by atoms with Crippen LogP contribution in [0.4, 0.5) is 4.39 Å². The summed E-state index contributed by atoms with van der Waals surface area (Å²) in [7, 11) is 1.33. The molecule has 0 bridgehead atoms.